The van der Waals surface area contributed by atoms with Gasteiger partial charge in [-0.25, -0.2) is 0 Å². The molecule has 0 radical (unpaired) electrons. The lowest BCUT2D eigenvalue weighted by Crippen LogP contribution is -2.18. The number of methoxy groups -OCH3 is 3. The van der Waals surface area contributed by atoms with E-state index in [-0.39, 0.29) is 6.04 Å². The highest BCUT2D eigenvalue weighted by Crippen LogP contribution is 2.39. The summed E-state index contributed by atoms with van der Waals surface area (Å²) in [7, 11) is 4.84. The number of nitrogens with one attached hydrogen (secondary N) is 1. The van der Waals surface area contributed by atoms with Gasteiger partial charge in [0.05, 0.1) is 27.4 Å². The van der Waals surface area contributed by atoms with Crippen molar-refractivity contribution in [3.8, 4) is 17.2 Å². The summed E-state index contributed by atoms with van der Waals surface area (Å²) in [5.41, 5.74) is 0.996. The van der Waals surface area contributed by atoms with Crippen molar-refractivity contribution in [2.24, 2.45) is 0 Å². The molecule has 0 saturated carbocycles. The first-order valence-corrected chi connectivity index (χ1v) is 7.18. The topological polar surface area (TPSA) is 52.9 Å². The summed E-state index contributed by atoms with van der Waals surface area (Å²) in [5.74, 6) is 3.75. The average molecular weight is 305 g/mol. The Balaban J connectivity index is 2.15. The van der Waals surface area contributed by atoms with Gasteiger partial charge >= 0.3 is 0 Å². The van der Waals surface area contributed by atoms with Crippen molar-refractivity contribution in [2.75, 3.05) is 21.3 Å². The second-order valence-electron chi connectivity index (χ2n) is 5.04. The minimum Gasteiger partial charge on any atom is -0.493 e. The van der Waals surface area contributed by atoms with Crippen LogP contribution in [-0.2, 0) is 6.54 Å². The molecule has 0 aliphatic rings. The summed E-state index contributed by atoms with van der Waals surface area (Å²) < 4.78 is 21.8. The first-order valence-electron chi connectivity index (χ1n) is 7.18. The molecule has 5 heteroatoms. The van der Waals surface area contributed by atoms with Crippen LogP contribution in [0.4, 0.5) is 0 Å². The Hall–Kier alpha value is -2.14. The van der Waals surface area contributed by atoms with Crippen LogP contribution < -0.4 is 19.5 Å². The molecule has 120 valence electrons. The predicted octanol–water partition coefficient (Wildman–Crippen LogP) is 3.46. The Morgan fingerprint density at radius 2 is 1.73 bits per heavy atom. The average Bonchev–Trinajstić information content (AvgIpc) is 2.97. The zero-order valence-corrected chi connectivity index (χ0v) is 13.7. The van der Waals surface area contributed by atoms with Crippen molar-refractivity contribution in [1.82, 2.24) is 5.32 Å². The molecule has 0 aliphatic heterocycles. The molecule has 0 aliphatic carbocycles. The van der Waals surface area contributed by atoms with Crippen LogP contribution in [0.15, 0.2) is 28.7 Å². The molecule has 1 aromatic carbocycles. The number of aryl methyl sites for hydroxylation is 1. The minimum atomic E-state index is 0.103. The highest BCUT2D eigenvalue weighted by Gasteiger charge is 2.17. The third-order valence-electron chi connectivity index (χ3n) is 3.57. The first kappa shape index (κ1) is 16.2. The highest BCUT2D eigenvalue weighted by molar-refractivity contribution is 5.55. The molecule has 0 spiro atoms. The maximum Gasteiger partial charge on any atom is 0.203 e. The maximum absolute atomic E-state index is 5.63. The van der Waals surface area contributed by atoms with Crippen molar-refractivity contribution >= 4 is 0 Å². The van der Waals surface area contributed by atoms with Crippen molar-refractivity contribution in [3.63, 3.8) is 0 Å². The van der Waals surface area contributed by atoms with E-state index in [2.05, 4.69) is 12.2 Å². The summed E-state index contributed by atoms with van der Waals surface area (Å²) in [4.78, 5) is 0. The van der Waals surface area contributed by atoms with E-state index in [9.17, 15) is 0 Å². The summed E-state index contributed by atoms with van der Waals surface area (Å²) in [6.45, 7) is 4.63. The smallest absolute Gasteiger partial charge is 0.203 e. The van der Waals surface area contributed by atoms with E-state index in [1.165, 1.54) is 0 Å². The van der Waals surface area contributed by atoms with Crippen LogP contribution in [-0.4, -0.2) is 21.3 Å². The molecular weight excluding hydrogens is 282 g/mol. The fourth-order valence-electron chi connectivity index (χ4n) is 2.35. The molecule has 0 fully saturated rings. The number of ether oxygens (including phenoxy) is 3. The quantitative estimate of drug-likeness (QED) is 0.849. The summed E-state index contributed by atoms with van der Waals surface area (Å²) in [5, 5.41) is 3.42. The zero-order valence-electron chi connectivity index (χ0n) is 13.7. The van der Waals surface area contributed by atoms with Gasteiger partial charge in [0.1, 0.15) is 11.5 Å². The van der Waals surface area contributed by atoms with Gasteiger partial charge in [0, 0.05) is 12.1 Å². The summed E-state index contributed by atoms with van der Waals surface area (Å²) in [6.07, 6.45) is 0. The highest BCUT2D eigenvalue weighted by atomic mass is 16.5. The molecule has 5 nitrogen and oxygen atoms in total. The summed E-state index contributed by atoms with van der Waals surface area (Å²) >= 11 is 0. The van der Waals surface area contributed by atoms with Gasteiger partial charge in [-0.3, -0.25) is 0 Å². The van der Waals surface area contributed by atoms with E-state index in [4.69, 9.17) is 18.6 Å². The number of hydrogen-bond acceptors (Lipinski definition) is 5. The van der Waals surface area contributed by atoms with Gasteiger partial charge in [0.15, 0.2) is 11.5 Å². The largest absolute Gasteiger partial charge is 0.493 e. The van der Waals surface area contributed by atoms with E-state index in [0.29, 0.717) is 23.8 Å². The number of rotatable bonds is 7. The standard InChI is InChI=1S/C17H23NO4/c1-11-6-8-14(22-11)12(2)18-10-13-7-9-15(19-3)17(21-5)16(13)20-4/h6-9,12,18H,10H2,1-5H3. The molecule has 0 amide bonds. The molecule has 1 atom stereocenters. The molecule has 1 aromatic heterocycles. The lowest BCUT2D eigenvalue weighted by Gasteiger charge is -2.17. The van der Waals surface area contributed by atoms with Crippen LogP contribution >= 0.6 is 0 Å². The maximum atomic E-state index is 5.63. The van der Waals surface area contributed by atoms with Crippen LogP contribution in [0.3, 0.4) is 0 Å². The predicted molar refractivity (Wildman–Crippen MR) is 84.8 cm³/mol. The van der Waals surface area contributed by atoms with E-state index >= 15 is 0 Å². The molecule has 2 rings (SSSR count). The van der Waals surface area contributed by atoms with Crippen molar-refractivity contribution < 1.29 is 18.6 Å². The van der Waals surface area contributed by atoms with E-state index in [1.807, 2.05) is 31.2 Å². The van der Waals surface area contributed by atoms with Gasteiger partial charge in [0.2, 0.25) is 5.75 Å². The molecule has 0 saturated heterocycles. The third-order valence-corrected chi connectivity index (χ3v) is 3.57. The van der Waals surface area contributed by atoms with Crippen LogP contribution in [0.2, 0.25) is 0 Å². The van der Waals surface area contributed by atoms with Gasteiger partial charge < -0.3 is 23.9 Å². The first-order chi connectivity index (χ1) is 10.6. The molecule has 2 aromatic rings. The molecule has 0 bridgehead atoms. The fourth-order valence-corrected chi connectivity index (χ4v) is 2.35. The monoisotopic (exact) mass is 305 g/mol. The Morgan fingerprint density at radius 1 is 1.00 bits per heavy atom. The van der Waals surface area contributed by atoms with Gasteiger partial charge in [-0.05, 0) is 32.0 Å². The Labute approximate surface area is 131 Å². The second-order valence-corrected chi connectivity index (χ2v) is 5.04. The van der Waals surface area contributed by atoms with Crippen LogP contribution in [0.5, 0.6) is 17.2 Å². The minimum absolute atomic E-state index is 0.103. The normalized spacial score (nSPS) is 12.0. The Morgan fingerprint density at radius 3 is 2.27 bits per heavy atom. The molecule has 1 N–H and O–H groups in total. The van der Waals surface area contributed by atoms with Gasteiger partial charge in [0.25, 0.3) is 0 Å². The molecular formula is C17H23NO4. The molecule has 22 heavy (non-hydrogen) atoms. The molecule has 1 unspecified atom stereocenters. The zero-order chi connectivity index (χ0) is 16.1. The number of hydrogen-bond donors (Lipinski definition) is 1. The fraction of sp³-hybridized carbons (Fsp3) is 0.412. The van der Waals surface area contributed by atoms with E-state index < -0.39 is 0 Å². The third kappa shape index (κ3) is 3.36. The Bertz CT molecular complexity index is 621. The van der Waals surface area contributed by atoms with Crippen molar-refractivity contribution in [1.29, 1.82) is 0 Å². The second kappa shape index (κ2) is 7.22. The summed E-state index contributed by atoms with van der Waals surface area (Å²) in [6, 6.07) is 7.89. The lowest BCUT2D eigenvalue weighted by molar-refractivity contribution is 0.320. The van der Waals surface area contributed by atoms with Gasteiger partial charge in [-0.15, -0.1) is 0 Å². The van der Waals surface area contributed by atoms with Gasteiger partial charge in [-0.2, -0.15) is 0 Å². The number of benzene rings is 1. The van der Waals surface area contributed by atoms with Crippen LogP contribution in [0, 0.1) is 6.92 Å². The van der Waals surface area contributed by atoms with Crippen LogP contribution in [0.25, 0.3) is 0 Å². The van der Waals surface area contributed by atoms with Crippen LogP contribution in [0.1, 0.15) is 30.0 Å². The van der Waals surface area contributed by atoms with Crippen molar-refractivity contribution in [2.45, 2.75) is 26.4 Å². The van der Waals surface area contributed by atoms with E-state index in [1.54, 1.807) is 21.3 Å². The van der Waals surface area contributed by atoms with Gasteiger partial charge in [-0.1, -0.05) is 6.07 Å². The molecule has 1 heterocycles. The van der Waals surface area contributed by atoms with Crippen molar-refractivity contribution in [3.05, 3.63) is 41.3 Å². The SMILES string of the molecule is COc1ccc(CNC(C)c2ccc(C)o2)c(OC)c1OC. The Kier molecular flexibility index (Phi) is 5.33. The van der Waals surface area contributed by atoms with E-state index in [0.717, 1.165) is 17.1 Å². The lowest BCUT2D eigenvalue weighted by atomic mass is 10.1. The number of furan rings is 1.